The summed E-state index contributed by atoms with van der Waals surface area (Å²) in [5.74, 6) is 1.02. The topological polar surface area (TPSA) is 90.4 Å². The van der Waals surface area contributed by atoms with Crippen LogP contribution in [0.2, 0.25) is 5.02 Å². The number of hydrogen-bond acceptors (Lipinski definition) is 5. The van der Waals surface area contributed by atoms with Gasteiger partial charge in [-0.25, -0.2) is 9.78 Å². The number of fused-ring (bicyclic) bond motifs is 1. The van der Waals surface area contributed by atoms with E-state index in [4.69, 9.17) is 11.6 Å². The smallest absolute Gasteiger partial charge is 0.327 e. The maximum absolute atomic E-state index is 12.5. The molecule has 2 amide bonds. The summed E-state index contributed by atoms with van der Waals surface area (Å²) in [5.41, 5.74) is 1.48. The first-order valence-electron chi connectivity index (χ1n) is 8.74. The number of amides is 2. The number of halogens is 1. The van der Waals surface area contributed by atoms with E-state index in [0.717, 1.165) is 31.2 Å². The number of aliphatic hydroxyl groups excluding tert-OH is 1. The number of aromatic nitrogens is 2. The Hall–Kier alpha value is -2.38. The Morgan fingerprint density at radius 2 is 2.00 bits per heavy atom. The zero-order chi connectivity index (χ0) is 18.1. The molecule has 1 aliphatic heterocycles. The predicted octanol–water partition coefficient (Wildman–Crippen LogP) is 3.40. The van der Waals surface area contributed by atoms with Gasteiger partial charge in [0.05, 0.1) is 23.4 Å². The van der Waals surface area contributed by atoms with Crippen LogP contribution in [0.25, 0.3) is 0 Å². The highest BCUT2D eigenvalue weighted by Crippen LogP contribution is 2.31. The first-order valence-corrected chi connectivity index (χ1v) is 9.11. The molecule has 136 valence electrons. The second-order valence-electron chi connectivity index (χ2n) is 6.68. The normalized spacial score (nSPS) is 22.5. The van der Waals surface area contributed by atoms with Crippen molar-refractivity contribution in [2.24, 2.45) is 0 Å². The number of nitrogens with one attached hydrogen (secondary N) is 2. The van der Waals surface area contributed by atoms with E-state index in [1.165, 1.54) is 0 Å². The van der Waals surface area contributed by atoms with Crippen LogP contribution in [0.4, 0.5) is 22.2 Å². The van der Waals surface area contributed by atoms with Crippen molar-refractivity contribution in [3.63, 3.8) is 0 Å². The van der Waals surface area contributed by atoms with Crippen molar-refractivity contribution in [2.75, 3.05) is 15.5 Å². The molecule has 1 aromatic heterocycles. The molecule has 1 fully saturated rings. The maximum Gasteiger partial charge on any atom is 0.327 e. The minimum Gasteiger partial charge on any atom is -0.393 e. The first kappa shape index (κ1) is 17.1. The zero-order valence-electron chi connectivity index (χ0n) is 14.2. The molecule has 1 saturated carbocycles. The van der Waals surface area contributed by atoms with Gasteiger partial charge in [-0.1, -0.05) is 23.7 Å². The summed E-state index contributed by atoms with van der Waals surface area (Å²) in [7, 11) is 0. The number of aliphatic hydroxyl groups is 1. The molecule has 2 aromatic rings. The Morgan fingerprint density at radius 3 is 2.77 bits per heavy atom. The highest BCUT2D eigenvalue weighted by atomic mass is 35.5. The van der Waals surface area contributed by atoms with E-state index in [1.54, 1.807) is 23.2 Å². The second kappa shape index (κ2) is 7.09. The largest absolute Gasteiger partial charge is 0.393 e. The van der Waals surface area contributed by atoms with Gasteiger partial charge >= 0.3 is 6.03 Å². The Kier molecular flexibility index (Phi) is 4.65. The lowest BCUT2D eigenvalue weighted by Crippen LogP contribution is -2.39. The summed E-state index contributed by atoms with van der Waals surface area (Å²) < 4.78 is 0. The number of nitrogens with zero attached hydrogens (tertiary/aromatic N) is 3. The molecule has 1 aliphatic carbocycles. The minimum atomic E-state index is -0.268. The monoisotopic (exact) mass is 373 g/mol. The zero-order valence-corrected chi connectivity index (χ0v) is 14.9. The SMILES string of the molecule is O=C1Nc2nc(N[C@H]3CC[C@H](O)CC3)ncc2CN1c1ccccc1Cl. The van der Waals surface area contributed by atoms with Gasteiger partial charge in [-0.15, -0.1) is 0 Å². The molecule has 4 rings (SSSR count). The second-order valence-corrected chi connectivity index (χ2v) is 7.09. The van der Waals surface area contributed by atoms with Crippen molar-refractivity contribution in [3.05, 3.63) is 41.0 Å². The fourth-order valence-corrected chi connectivity index (χ4v) is 3.62. The van der Waals surface area contributed by atoms with Crippen LogP contribution in [0.5, 0.6) is 0 Å². The fourth-order valence-electron chi connectivity index (χ4n) is 3.38. The predicted molar refractivity (Wildman–Crippen MR) is 101 cm³/mol. The van der Waals surface area contributed by atoms with Gasteiger partial charge in [-0.05, 0) is 37.8 Å². The van der Waals surface area contributed by atoms with Crippen molar-refractivity contribution in [1.29, 1.82) is 0 Å². The van der Waals surface area contributed by atoms with Crippen LogP contribution in [0.15, 0.2) is 30.5 Å². The number of urea groups is 1. The minimum absolute atomic E-state index is 0.201. The van der Waals surface area contributed by atoms with Crippen LogP contribution in [0.1, 0.15) is 31.2 Å². The van der Waals surface area contributed by atoms with Crippen molar-refractivity contribution in [1.82, 2.24) is 9.97 Å². The standard InChI is InChI=1S/C18H20ClN5O2/c19-14-3-1-2-4-15(14)24-10-11-9-20-17(22-16(11)23-18(24)26)21-12-5-7-13(25)8-6-12/h1-4,9,12-13,25H,5-8,10H2,(H2,20,21,22,23,26)/t12-,13-. The third kappa shape index (κ3) is 3.45. The van der Waals surface area contributed by atoms with Crippen LogP contribution < -0.4 is 15.5 Å². The number of para-hydroxylation sites is 1. The Morgan fingerprint density at radius 1 is 1.23 bits per heavy atom. The summed E-state index contributed by atoms with van der Waals surface area (Å²) in [5, 5.41) is 16.2. The summed E-state index contributed by atoms with van der Waals surface area (Å²) in [6.45, 7) is 0.362. The van der Waals surface area contributed by atoms with Gasteiger partial charge in [0, 0.05) is 17.8 Å². The lowest BCUT2D eigenvalue weighted by molar-refractivity contribution is 0.126. The lowest BCUT2D eigenvalue weighted by atomic mass is 9.93. The van der Waals surface area contributed by atoms with E-state index < -0.39 is 0 Å². The first-order chi connectivity index (χ1) is 12.6. The number of carbonyl (C=O) groups excluding carboxylic acids is 1. The number of hydrogen-bond donors (Lipinski definition) is 3. The van der Waals surface area contributed by atoms with Gasteiger partial charge in [-0.3, -0.25) is 10.2 Å². The van der Waals surface area contributed by atoms with E-state index >= 15 is 0 Å². The van der Waals surface area contributed by atoms with Crippen molar-refractivity contribution in [3.8, 4) is 0 Å². The summed E-state index contributed by atoms with van der Waals surface area (Å²) in [6.07, 6.45) is 4.86. The van der Waals surface area contributed by atoms with Gasteiger partial charge in [0.15, 0.2) is 0 Å². The summed E-state index contributed by atoms with van der Waals surface area (Å²) in [6, 6.07) is 7.21. The molecule has 26 heavy (non-hydrogen) atoms. The molecule has 0 spiro atoms. The van der Waals surface area contributed by atoms with Crippen LogP contribution in [-0.2, 0) is 6.54 Å². The van der Waals surface area contributed by atoms with Gasteiger partial charge in [0.2, 0.25) is 5.95 Å². The fraction of sp³-hybridized carbons (Fsp3) is 0.389. The molecule has 2 aliphatic rings. The van der Waals surface area contributed by atoms with Crippen LogP contribution in [0, 0.1) is 0 Å². The molecular weight excluding hydrogens is 354 g/mol. The average molecular weight is 374 g/mol. The van der Waals surface area contributed by atoms with E-state index in [9.17, 15) is 9.90 Å². The van der Waals surface area contributed by atoms with Gasteiger partial charge in [0.25, 0.3) is 0 Å². The molecule has 0 radical (unpaired) electrons. The van der Waals surface area contributed by atoms with Crippen molar-refractivity contribution < 1.29 is 9.90 Å². The molecule has 0 bridgehead atoms. The summed E-state index contributed by atoms with van der Waals surface area (Å²) in [4.78, 5) is 22.9. The maximum atomic E-state index is 12.5. The van der Waals surface area contributed by atoms with Crippen LogP contribution in [-0.4, -0.2) is 33.3 Å². The van der Waals surface area contributed by atoms with E-state index in [1.807, 2.05) is 12.1 Å². The van der Waals surface area contributed by atoms with Gasteiger partial charge in [0.1, 0.15) is 5.82 Å². The van der Waals surface area contributed by atoms with Gasteiger partial charge < -0.3 is 10.4 Å². The third-order valence-electron chi connectivity index (χ3n) is 4.84. The molecule has 7 nitrogen and oxygen atoms in total. The Balaban J connectivity index is 1.51. The molecule has 3 N–H and O–H groups in total. The van der Waals surface area contributed by atoms with E-state index in [2.05, 4.69) is 20.6 Å². The highest BCUT2D eigenvalue weighted by Gasteiger charge is 2.27. The number of anilines is 3. The van der Waals surface area contributed by atoms with Gasteiger partial charge in [-0.2, -0.15) is 4.98 Å². The van der Waals surface area contributed by atoms with E-state index in [0.29, 0.717) is 29.0 Å². The van der Waals surface area contributed by atoms with Crippen molar-refractivity contribution in [2.45, 2.75) is 44.4 Å². The van der Waals surface area contributed by atoms with Crippen LogP contribution >= 0.6 is 11.6 Å². The third-order valence-corrected chi connectivity index (χ3v) is 5.16. The highest BCUT2D eigenvalue weighted by molar-refractivity contribution is 6.34. The molecule has 1 aromatic carbocycles. The van der Waals surface area contributed by atoms with Crippen molar-refractivity contribution >= 4 is 35.1 Å². The lowest BCUT2D eigenvalue weighted by Gasteiger charge is -2.30. The molecule has 2 heterocycles. The molecule has 0 unspecified atom stereocenters. The summed E-state index contributed by atoms with van der Waals surface area (Å²) >= 11 is 6.21. The van der Waals surface area contributed by atoms with Crippen LogP contribution in [0.3, 0.4) is 0 Å². The Labute approximate surface area is 156 Å². The quantitative estimate of drug-likeness (QED) is 0.767. The molecule has 8 heteroatoms. The molecule has 0 saturated heterocycles. The number of benzene rings is 1. The molecular formula is C18H20ClN5O2. The number of rotatable bonds is 3. The Bertz CT molecular complexity index is 823. The molecule has 0 atom stereocenters. The average Bonchev–Trinajstić information content (AvgIpc) is 2.64. The van der Waals surface area contributed by atoms with E-state index in [-0.39, 0.29) is 18.2 Å². The number of carbonyl (C=O) groups is 1.